The van der Waals surface area contributed by atoms with Gasteiger partial charge in [0.15, 0.2) is 10.7 Å². The van der Waals surface area contributed by atoms with Gasteiger partial charge >= 0.3 is 0 Å². The SMILES string of the molecule is CN(C)/C=N/C(Cl)=C(C#N)C#N. The molecule has 0 aromatic rings. The lowest BCUT2D eigenvalue weighted by atomic mass is 10.4. The largest absolute Gasteiger partial charge is 0.369 e. The van der Waals surface area contributed by atoms with Gasteiger partial charge in [0.05, 0.1) is 6.34 Å². The Labute approximate surface area is 76.0 Å². The Balaban J connectivity index is 4.61. The minimum atomic E-state index is -0.185. The molecule has 62 valence electrons. The summed E-state index contributed by atoms with van der Waals surface area (Å²) in [4.78, 5) is 5.31. The number of aliphatic imine (C=N–C) groups is 1. The molecule has 4 nitrogen and oxygen atoms in total. The van der Waals surface area contributed by atoms with E-state index in [-0.39, 0.29) is 10.7 Å². The molecule has 0 atom stereocenters. The Morgan fingerprint density at radius 3 is 2.25 bits per heavy atom. The number of hydrogen-bond acceptors (Lipinski definition) is 3. The number of halogens is 1. The normalized spacial score (nSPS) is 8.75. The third kappa shape index (κ3) is 3.60. The lowest BCUT2D eigenvalue weighted by Gasteiger charge is -2.00. The van der Waals surface area contributed by atoms with Crippen LogP contribution in [0.15, 0.2) is 15.7 Å². The molecule has 0 fully saturated rings. The average Bonchev–Trinajstić information content (AvgIpc) is 2.03. The predicted molar refractivity (Wildman–Crippen MR) is 46.3 cm³/mol. The van der Waals surface area contributed by atoms with Gasteiger partial charge in [0.25, 0.3) is 0 Å². The molecule has 0 saturated carbocycles. The third-order valence-electron chi connectivity index (χ3n) is 0.832. The van der Waals surface area contributed by atoms with E-state index in [2.05, 4.69) is 4.99 Å². The highest BCUT2D eigenvalue weighted by Gasteiger charge is 1.99. The number of allylic oxidation sites excluding steroid dienone is 1. The summed E-state index contributed by atoms with van der Waals surface area (Å²) >= 11 is 5.50. The lowest BCUT2D eigenvalue weighted by molar-refractivity contribution is 0.642. The minimum absolute atomic E-state index is 0.0892. The van der Waals surface area contributed by atoms with Crippen LogP contribution in [0.3, 0.4) is 0 Å². The summed E-state index contributed by atoms with van der Waals surface area (Å²) in [6.07, 6.45) is 1.41. The number of hydrogen-bond donors (Lipinski definition) is 0. The maximum atomic E-state index is 8.36. The molecule has 0 aliphatic carbocycles. The summed E-state index contributed by atoms with van der Waals surface area (Å²) in [6.45, 7) is 0. The molecular weight excluding hydrogens is 176 g/mol. The van der Waals surface area contributed by atoms with Crippen LogP contribution in [0.4, 0.5) is 0 Å². The van der Waals surface area contributed by atoms with Gasteiger partial charge in [0.2, 0.25) is 0 Å². The van der Waals surface area contributed by atoms with Crippen LogP contribution in [0.2, 0.25) is 0 Å². The molecule has 0 saturated heterocycles. The van der Waals surface area contributed by atoms with E-state index in [0.717, 1.165) is 0 Å². The van der Waals surface area contributed by atoms with Crippen molar-refractivity contribution in [3.8, 4) is 12.1 Å². The van der Waals surface area contributed by atoms with E-state index in [1.54, 1.807) is 31.1 Å². The Bertz CT molecular complexity index is 274. The topological polar surface area (TPSA) is 63.2 Å². The van der Waals surface area contributed by atoms with Crippen LogP contribution < -0.4 is 0 Å². The van der Waals surface area contributed by atoms with E-state index in [1.807, 2.05) is 0 Å². The average molecular weight is 183 g/mol. The van der Waals surface area contributed by atoms with E-state index >= 15 is 0 Å². The molecule has 0 aliphatic rings. The highest BCUT2D eigenvalue weighted by Crippen LogP contribution is 2.08. The molecular formula is C7H7ClN4. The second-order valence-electron chi connectivity index (χ2n) is 2.10. The van der Waals surface area contributed by atoms with Gasteiger partial charge in [-0.25, -0.2) is 4.99 Å². The molecule has 0 spiro atoms. The van der Waals surface area contributed by atoms with Gasteiger partial charge in [-0.1, -0.05) is 11.6 Å². The Morgan fingerprint density at radius 1 is 1.42 bits per heavy atom. The molecule has 0 aromatic carbocycles. The summed E-state index contributed by atoms with van der Waals surface area (Å²) in [5, 5.41) is 16.6. The van der Waals surface area contributed by atoms with Crippen LogP contribution in [0, 0.1) is 22.7 Å². The smallest absolute Gasteiger partial charge is 0.166 e. The first-order chi connectivity index (χ1) is 5.61. The highest BCUT2D eigenvalue weighted by atomic mass is 35.5. The van der Waals surface area contributed by atoms with Crippen molar-refractivity contribution in [2.45, 2.75) is 0 Å². The Morgan fingerprint density at radius 2 is 1.92 bits per heavy atom. The molecule has 12 heavy (non-hydrogen) atoms. The highest BCUT2D eigenvalue weighted by molar-refractivity contribution is 6.30. The fraction of sp³-hybridized carbons (Fsp3) is 0.286. The van der Waals surface area contributed by atoms with Crippen LogP contribution in [-0.2, 0) is 0 Å². The zero-order valence-electron chi connectivity index (χ0n) is 6.74. The summed E-state index contributed by atoms with van der Waals surface area (Å²) in [7, 11) is 3.51. The van der Waals surface area contributed by atoms with Crippen molar-refractivity contribution in [3.63, 3.8) is 0 Å². The third-order valence-corrected chi connectivity index (χ3v) is 1.12. The molecule has 0 unspecified atom stereocenters. The Kier molecular flexibility index (Phi) is 4.52. The van der Waals surface area contributed by atoms with Gasteiger partial charge in [-0.2, -0.15) is 10.5 Å². The number of rotatable bonds is 2. The van der Waals surface area contributed by atoms with Gasteiger partial charge in [-0.05, 0) is 0 Å². The van der Waals surface area contributed by atoms with Gasteiger partial charge in [-0.15, -0.1) is 0 Å². The van der Waals surface area contributed by atoms with E-state index < -0.39 is 0 Å². The maximum absolute atomic E-state index is 8.36. The lowest BCUT2D eigenvalue weighted by Crippen LogP contribution is -2.07. The van der Waals surface area contributed by atoms with E-state index in [4.69, 9.17) is 22.1 Å². The number of nitriles is 2. The summed E-state index contributed by atoms with van der Waals surface area (Å²) in [5.41, 5.74) is -0.185. The summed E-state index contributed by atoms with van der Waals surface area (Å²) < 4.78 is 0. The van der Waals surface area contributed by atoms with Crippen LogP contribution in [0.25, 0.3) is 0 Å². The molecule has 0 rings (SSSR count). The molecule has 0 bridgehead atoms. The first-order valence-corrected chi connectivity index (χ1v) is 3.40. The molecule has 0 radical (unpaired) electrons. The van der Waals surface area contributed by atoms with E-state index in [9.17, 15) is 0 Å². The monoisotopic (exact) mass is 182 g/mol. The van der Waals surface area contributed by atoms with Crippen LogP contribution >= 0.6 is 11.6 Å². The maximum Gasteiger partial charge on any atom is 0.166 e. The van der Waals surface area contributed by atoms with Crippen molar-refractivity contribution in [3.05, 3.63) is 10.7 Å². The predicted octanol–water partition coefficient (Wildman–Crippen LogP) is 1.07. The van der Waals surface area contributed by atoms with Crippen LogP contribution in [0.1, 0.15) is 0 Å². The van der Waals surface area contributed by atoms with Gasteiger partial charge in [0.1, 0.15) is 12.1 Å². The van der Waals surface area contributed by atoms with Gasteiger partial charge in [0, 0.05) is 14.1 Å². The van der Waals surface area contributed by atoms with Crippen molar-refractivity contribution in [2.75, 3.05) is 14.1 Å². The Hall–Kier alpha value is -1.52. The standard InChI is InChI=1S/C7H7ClN4/c1-12(2)5-11-7(8)6(3-9)4-10/h5H,1-2H3/b11-5+. The fourth-order valence-corrected chi connectivity index (χ4v) is 0.476. The first-order valence-electron chi connectivity index (χ1n) is 3.02. The summed E-state index contributed by atoms with van der Waals surface area (Å²) in [6, 6.07) is 3.26. The second-order valence-corrected chi connectivity index (χ2v) is 2.46. The van der Waals surface area contributed by atoms with E-state index in [0.29, 0.717) is 0 Å². The van der Waals surface area contributed by atoms with Gasteiger partial charge in [-0.3, -0.25) is 0 Å². The van der Waals surface area contributed by atoms with Crippen molar-refractivity contribution < 1.29 is 0 Å². The molecule has 0 heterocycles. The van der Waals surface area contributed by atoms with Crippen LogP contribution in [0.5, 0.6) is 0 Å². The first kappa shape index (κ1) is 10.5. The zero-order valence-corrected chi connectivity index (χ0v) is 7.50. The van der Waals surface area contributed by atoms with Crippen LogP contribution in [-0.4, -0.2) is 25.3 Å². The zero-order chi connectivity index (χ0) is 9.56. The second kappa shape index (κ2) is 5.17. The molecule has 0 amide bonds. The van der Waals surface area contributed by atoms with Gasteiger partial charge < -0.3 is 4.90 Å². The van der Waals surface area contributed by atoms with E-state index in [1.165, 1.54) is 6.34 Å². The molecule has 0 aliphatic heterocycles. The number of nitrogens with zero attached hydrogens (tertiary/aromatic N) is 4. The van der Waals surface area contributed by atoms with Crippen molar-refractivity contribution in [2.24, 2.45) is 4.99 Å². The van der Waals surface area contributed by atoms with Crippen molar-refractivity contribution >= 4 is 17.9 Å². The minimum Gasteiger partial charge on any atom is -0.369 e. The molecule has 5 heteroatoms. The fourth-order valence-electron chi connectivity index (χ4n) is 0.348. The molecule has 0 N–H and O–H groups in total. The quantitative estimate of drug-likeness (QED) is 0.278. The summed E-state index contributed by atoms with van der Waals surface area (Å²) in [5.74, 6) is 0. The van der Waals surface area contributed by atoms with Crippen molar-refractivity contribution in [1.82, 2.24) is 4.90 Å². The molecule has 0 aromatic heterocycles. The van der Waals surface area contributed by atoms with Crippen molar-refractivity contribution in [1.29, 1.82) is 10.5 Å².